The van der Waals surface area contributed by atoms with E-state index in [9.17, 15) is 14.7 Å². The molecule has 7 heteroatoms. The molecule has 7 nitrogen and oxygen atoms in total. The number of para-hydroxylation sites is 1. The molecule has 4 aromatic rings. The van der Waals surface area contributed by atoms with E-state index in [0.29, 0.717) is 5.69 Å². The zero-order chi connectivity index (χ0) is 21.9. The first-order chi connectivity index (χ1) is 14.9. The van der Waals surface area contributed by atoms with Crippen LogP contribution >= 0.6 is 0 Å². The zero-order valence-electron chi connectivity index (χ0n) is 17.7. The van der Waals surface area contributed by atoms with Gasteiger partial charge in [-0.05, 0) is 48.7 Å². The minimum absolute atomic E-state index is 0.197. The van der Waals surface area contributed by atoms with E-state index in [-0.39, 0.29) is 11.4 Å². The molecule has 0 spiro atoms. The minimum atomic E-state index is -0.653. The number of aromatic amines is 2. The van der Waals surface area contributed by atoms with Gasteiger partial charge in [0.15, 0.2) is 6.04 Å². The number of rotatable bonds is 2. The second-order valence-corrected chi connectivity index (χ2v) is 8.44. The largest absolute Gasteiger partial charge is 0.494 e. The van der Waals surface area contributed by atoms with Crippen LogP contribution < -0.4 is 16.1 Å². The molecule has 0 saturated heterocycles. The van der Waals surface area contributed by atoms with Crippen molar-refractivity contribution in [2.75, 3.05) is 13.6 Å². The molecular formula is C24H25N4O3+. The van der Waals surface area contributed by atoms with Crippen LogP contribution in [0.3, 0.4) is 0 Å². The van der Waals surface area contributed by atoms with Crippen LogP contribution in [0.5, 0.6) is 5.88 Å². The summed E-state index contributed by atoms with van der Waals surface area (Å²) < 4.78 is 1.19. The van der Waals surface area contributed by atoms with Crippen molar-refractivity contribution >= 4 is 10.9 Å². The Morgan fingerprint density at radius 3 is 2.61 bits per heavy atom. The maximum atomic E-state index is 13.0. The predicted octanol–water partition coefficient (Wildman–Crippen LogP) is 1.49. The van der Waals surface area contributed by atoms with Crippen molar-refractivity contribution in [1.29, 1.82) is 0 Å². The molecule has 0 aliphatic carbocycles. The first kappa shape index (κ1) is 19.4. The summed E-state index contributed by atoms with van der Waals surface area (Å²) in [5.74, 6) is -0.312. The molecule has 0 fully saturated rings. The maximum absolute atomic E-state index is 13.0. The number of likely N-dealkylation sites (N-methyl/N-ethyl adjacent to an activating group) is 1. The highest BCUT2D eigenvalue weighted by atomic mass is 16.3. The molecule has 31 heavy (non-hydrogen) atoms. The average Bonchev–Trinajstić information content (AvgIpc) is 3.10. The van der Waals surface area contributed by atoms with Crippen LogP contribution in [0.4, 0.5) is 0 Å². The van der Waals surface area contributed by atoms with Gasteiger partial charge in [-0.25, -0.2) is 9.36 Å². The molecule has 1 unspecified atom stereocenters. The Balaban J connectivity index is 1.77. The number of aromatic hydroxyl groups is 1. The van der Waals surface area contributed by atoms with E-state index in [0.717, 1.165) is 51.2 Å². The number of nitrogens with zero attached hydrogens (tertiary/aromatic N) is 1. The molecule has 3 heterocycles. The smallest absolute Gasteiger partial charge is 0.335 e. The van der Waals surface area contributed by atoms with E-state index >= 15 is 0 Å². The Hall–Kier alpha value is -3.58. The topological polar surface area (TPSA) is 95.3 Å². The highest BCUT2D eigenvalue weighted by Gasteiger charge is 2.38. The van der Waals surface area contributed by atoms with Crippen molar-refractivity contribution in [2.24, 2.45) is 0 Å². The van der Waals surface area contributed by atoms with E-state index in [1.807, 2.05) is 51.2 Å². The molecule has 1 aliphatic rings. The summed E-state index contributed by atoms with van der Waals surface area (Å²) in [4.78, 5) is 32.6. The Kier molecular flexibility index (Phi) is 4.37. The molecule has 1 aliphatic heterocycles. The van der Waals surface area contributed by atoms with Crippen molar-refractivity contribution in [2.45, 2.75) is 26.3 Å². The second-order valence-electron chi connectivity index (χ2n) is 8.44. The highest BCUT2D eigenvalue weighted by Crippen LogP contribution is 2.33. The highest BCUT2D eigenvalue weighted by molar-refractivity contribution is 5.85. The minimum Gasteiger partial charge on any atom is -0.494 e. The van der Waals surface area contributed by atoms with Crippen molar-refractivity contribution < 1.29 is 10.0 Å². The number of hydrogen-bond donors (Lipinski definition) is 4. The number of benzene rings is 2. The molecule has 0 amide bonds. The number of aromatic nitrogens is 3. The summed E-state index contributed by atoms with van der Waals surface area (Å²) in [6, 6.07) is 13.2. The van der Waals surface area contributed by atoms with Crippen LogP contribution in [-0.4, -0.2) is 33.2 Å². The van der Waals surface area contributed by atoms with Gasteiger partial charge in [0, 0.05) is 17.3 Å². The maximum Gasteiger partial charge on any atom is 0.335 e. The van der Waals surface area contributed by atoms with E-state index in [2.05, 4.69) is 16.0 Å². The average molecular weight is 417 g/mol. The van der Waals surface area contributed by atoms with Gasteiger partial charge < -0.3 is 15.0 Å². The first-order valence-electron chi connectivity index (χ1n) is 10.4. The Bertz CT molecular complexity index is 1440. The monoisotopic (exact) mass is 417 g/mol. The number of H-pyrrole nitrogens is 2. The number of fused-ring (bicyclic) bond motifs is 3. The van der Waals surface area contributed by atoms with Crippen molar-refractivity contribution in [3.8, 4) is 11.6 Å². The van der Waals surface area contributed by atoms with Crippen LogP contribution in [0, 0.1) is 13.8 Å². The molecule has 2 aromatic heterocycles. The molecule has 2 atom stereocenters. The summed E-state index contributed by atoms with van der Waals surface area (Å²) in [5.41, 5.74) is 4.67. The lowest BCUT2D eigenvalue weighted by Gasteiger charge is -2.30. The molecule has 4 N–H and O–H groups in total. The van der Waals surface area contributed by atoms with Gasteiger partial charge in [0.25, 0.3) is 5.56 Å². The van der Waals surface area contributed by atoms with Crippen molar-refractivity contribution in [3.63, 3.8) is 0 Å². The van der Waals surface area contributed by atoms with Gasteiger partial charge in [-0.3, -0.25) is 9.78 Å². The van der Waals surface area contributed by atoms with E-state index in [4.69, 9.17) is 0 Å². The fourth-order valence-corrected chi connectivity index (χ4v) is 4.74. The molecule has 5 rings (SSSR count). The summed E-state index contributed by atoms with van der Waals surface area (Å²) in [5, 5.41) is 12.4. The molecule has 0 bridgehead atoms. The molecule has 158 valence electrons. The SMILES string of the molecule is Cc1ccc(-n2c(O)c([C@@H]3c4[nH]c5ccccc5c4CC[NH+]3C)c(=O)[nH]c2=O)cc1C. The zero-order valence-corrected chi connectivity index (χ0v) is 17.7. The third kappa shape index (κ3) is 2.92. The van der Waals surface area contributed by atoms with Crippen LogP contribution in [0.15, 0.2) is 52.1 Å². The number of hydrogen-bond acceptors (Lipinski definition) is 3. The van der Waals surface area contributed by atoms with Gasteiger partial charge in [0.05, 0.1) is 25.0 Å². The Morgan fingerprint density at radius 1 is 1.06 bits per heavy atom. The fourth-order valence-electron chi connectivity index (χ4n) is 4.74. The third-order valence-corrected chi connectivity index (χ3v) is 6.56. The van der Waals surface area contributed by atoms with Gasteiger partial charge in [-0.15, -0.1) is 0 Å². The van der Waals surface area contributed by atoms with Crippen LogP contribution in [-0.2, 0) is 6.42 Å². The van der Waals surface area contributed by atoms with Gasteiger partial charge in [-0.2, -0.15) is 0 Å². The van der Waals surface area contributed by atoms with Gasteiger partial charge in [0.2, 0.25) is 5.88 Å². The van der Waals surface area contributed by atoms with E-state index in [1.165, 1.54) is 4.57 Å². The number of aryl methyl sites for hydroxylation is 2. The normalized spacial score (nSPS) is 18.3. The molecule has 2 aromatic carbocycles. The Morgan fingerprint density at radius 2 is 1.84 bits per heavy atom. The number of nitrogens with one attached hydrogen (secondary N) is 3. The summed E-state index contributed by atoms with van der Waals surface area (Å²) in [6.07, 6.45) is 0.872. The second kappa shape index (κ2) is 6.99. The Labute approximate surface area is 178 Å². The van der Waals surface area contributed by atoms with Crippen molar-refractivity contribution in [3.05, 3.63) is 91.3 Å². The predicted molar refractivity (Wildman–Crippen MR) is 119 cm³/mol. The van der Waals surface area contributed by atoms with Crippen LogP contribution in [0.1, 0.15) is 34.0 Å². The quantitative estimate of drug-likeness (QED) is 0.398. The molecular weight excluding hydrogens is 392 g/mol. The summed E-state index contributed by atoms with van der Waals surface area (Å²) >= 11 is 0. The first-order valence-corrected chi connectivity index (χ1v) is 10.4. The van der Waals surface area contributed by atoms with Gasteiger partial charge in [0.1, 0.15) is 5.56 Å². The standard InChI is InChI=1S/C24H24N4O3/c1-13-8-9-15(12-14(13)2)28-23(30)19(22(29)26-24(28)31)21-20-17(10-11-27(21)3)16-6-4-5-7-18(16)25-20/h4-9,12,21,25,30H,10-11H2,1-3H3,(H,26,29,31)/p+1/t21-/m1/s1. The summed E-state index contributed by atoms with van der Waals surface area (Å²) in [6.45, 7) is 4.74. The van der Waals surface area contributed by atoms with Crippen LogP contribution in [0.2, 0.25) is 0 Å². The molecule has 0 radical (unpaired) electrons. The third-order valence-electron chi connectivity index (χ3n) is 6.56. The lowest BCUT2D eigenvalue weighted by atomic mass is 9.93. The number of quaternary nitrogens is 1. The van der Waals surface area contributed by atoms with Crippen molar-refractivity contribution in [1.82, 2.24) is 14.5 Å². The van der Waals surface area contributed by atoms with E-state index in [1.54, 1.807) is 6.07 Å². The molecule has 0 saturated carbocycles. The summed E-state index contributed by atoms with van der Waals surface area (Å²) in [7, 11) is 2.00. The van der Waals surface area contributed by atoms with Gasteiger partial charge in [-0.1, -0.05) is 24.3 Å². The van der Waals surface area contributed by atoms with Gasteiger partial charge >= 0.3 is 5.69 Å². The lowest BCUT2D eigenvalue weighted by molar-refractivity contribution is -0.908. The van der Waals surface area contributed by atoms with Crippen LogP contribution in [0.25, 0.3) is 16.6 Å². The fraction of sp³-hybridized carbons (Fsp3) is 0.250. The van der Waals surface area contributed by atoms with E-state index < -0.39 is 17.3 Å². The lowest BCUT2D eigenvalue weighted by Crippen LogP contribution is -3.10.